The number of rotatable bonds is 6. The standard InChI is InChI=1S/C29H26N4.C3H6/c1-5-7-13-22(6-2)27-31-28(23-14-9-8-10-15-23)33-29(32-27)26-17-12-11-16-25(26)24-19-18-20(3)30-21(24)4;1-3-2/h5-19H,1H2,2-4H3;3H,1H2,2H3/b13-7-,22-6+;. The highest BCUT2D eigenvalue weighted by Crippen LogP contribution is 2.33. The van der Waals surface area contributed by atoms with Crippen LogP contribution in [0.15, 0.2) is 110 Å². The molecule has 0 saturated carbocycles. The van der Waals surface area contributed by atoms with Gasteiger partial charge in [0.25, 0.3) is 0 Å². The van der Waals surface area contributed by atoms with Crippen molar-refractivity contribution in [2.24, 2.45) is 0 Å². The highest BCUT2D eigenvalue weighted by Gasteiger charge is 2.16. The van der Waals surface area contributed by atoms with Crippen molar-refractivity contribution < 1.29 is 0 Å². The second kappa shape index (κ2) is 12.9. The topological polar surface area (TPSA) is 51.6 Å². The number of hydrogen-bond acceptors (Lipinski definition) is 4. The molecule has 0 bridgehead atoms. The summed E-state index contributed by atoms with van der Waals surface area (Å²) in [6.45, 7) is 15.0. The van der Waals surface area contributed by atoms with Crippen LogP contribution in [0.5, 0.6) is 0 Å². The zero-order valence-corrected chi connectivity index (χ0v) is 21.4. The Hall–Kier alpha value is -4.44. The van der Waals surface area contributed by atoms with E-state index in [1.165, 1.54) is 0 Å². The maximum absolute atomic E-state index is 4.89. The first-order chi connectivity index (χ1) is 17.5. The van der Waals surface area contributed by atoms with E-state index in [9.17, 15) is 0 Å². The van der Waals surface area contributed by atoms with Crippen molar-refractivity contribution in [2.45, 2.75) is 27.7 Å². The fourth-order valence-electron chi connectivity index (χ4n) is 3.70. The molecule has 0 fully saturated rings. The fraction of sp³-hybridized carbons (Fsp3) is 0.125. The largest absolute Gasteiger partial charge is 0.258 e. The quantitative estimate of drug-likeness (QED) is 0.209. The van der Waals surface area contributed by atoms with E-state index in [1.54, 1.807) is 12.2 Å². The van der Waals surface area contributed by atoms with Crippen LogP contribution in [0.25, 0.3) is 39.5 Å². The summed E-state index contributed by atoms with van der Waals surface area (Å²) in [4.78, 5) is 19.2. The third-order valence-corrected chi connectivity index (χ3v) is 5.33. The van der Waals surface area contributed by atoms with E-state index in [-0.39, 0.29) is 0 Å². The Labute approximate surface area is 214 Å². The SMILES string of the molecule is C=C/C=C\C(=C/C)c1nc(-c2ccccc2)nc(-c2ccccc2-c2ccc(C)nc2C)n1.C=CC. The first-order valence-electron chi connectivity index (χ1n) is 11.9. The second-order valence-corrected chi connectivity index (χ2v) is 8.05. The Kier molecular flexibility index (Phi) is 9.35. The molecule has 0 unspecified atom stereocenters. The van der Waals surface area contributed by atoms with Crippen molar-refractivity contribution in [3.8, 4) is 33.9 Å². The number of pyridine rings is 1. The molecule has 0 radical (unpaired) electrons. The number of aryl methyl sites for hydroxylation is 2. The molecule has 4 aromatic rings. The molecule has 36 heavy (non-hydrogen) atoms. The average molecular weight is 473 g/mol. The predicted octanol–water partition coefficient (Wildman–Crippen LogP) is 8.22. The lowest BCUT2D eigenvalue weighted by Crippen LogP contribution is -2.03. The Morgan fingerprint density at radius 1 is 0.694 bits per heavy atom. The second-order valence-electron chi connectivity index (χ2n) is 8.05. The smallest absolute Gasteiger partial charge is 0.164 e. The summed E-state index contributed by atoms with van der Waals surface area (Å²) < 4.78 is 0. The van der Waals surface area contributed by atoms with E-state index < -0.39 is 0 Å². The fourth-order valence-corrected chi connectivity index (χ4v) is 3.70. The van der Waals surface area contributed by atoms with E-state index in [0.29, 0.717) is 17.5 Å². The monoisotopic (exact) mass is 472 g/mol. The summed E-state index contributed by atoms with van der Waals surface area (Å²) in [5, 5.41) is 0. The number of nitrogens with zero attached hydrogens (tertiary/aromatic N) is 4. The van der Waals surface area contributed by atoms with Crippen LogP contribution in [0.4, 0.5) is 0 Å². The van der Waals surface area contributed by atoms with E-state index in [1.807, 2.05) is 94.5 Å². The lowest BCUT2D eigenvalue weighted by Gasteiger charge is -2.13. The minimum Gasteiger partial charge on any atom is -0.258 e. The Bertz CT molecular complexity index is 1400. The van der Waals surface area contributed by atoms with Gasteiger partial charge < -0.3 is 0 Å². The van der Waals surface area contributed by atoms with E-state index in [4.69, 9.17) is 15.0 Å². The minimum absolute atomic E-state index is 0.619. The van der Waals surface area contributed by atoms with Gasteiger partial charge in [-0.25, -0.2) is 15.0 Å². The summed E-state index contributed by atoms with van der Waals surface area (Å²) in [7, 11) is 0. The van der Waals surface area contributed by atoms with Crippen LogP contribution in [0, 0.1) is 13.8 Å². The Morgan fingerprint density at radius 3 is 1.97 bits per heavy atom. The lowest BCUT2D eigenvalue weighted by atomic mass is 9.97. The van der Waals surface area contributed by atoms with Gasteiger partial charge in [-0.2, -0.15) is 0 Å². The number of allylic oxidation sites excluding steroid dienone is 6. The van der Waals surface area contributed by atoms with Gasteiger partial charge in [-0.3, -0.25) is 4.98 Å². The van der Waals surface area contributed by atoms with Gasteiger partial charge in [0, 0.05) is 33.7 Å². The molecule has 4 nitrogen and oxygen atoms in total. The molecule has 0 saturated heterocycles. The van der Waals surface area contributed by atoms with Gasteiger partial charge in [-0.15, -0.1) is 6.58 Å². The molecule has 0 N–H and O–H groups in total. The van der Waals surface area contributed by atoms with Gasteiger partial charge >= 0.3 is 0 Å². The maximum atomic E-state index is 4.89. The van der Waals surface area contributed by atoms with Gasteiger partial charge in [-0.1, -0.05) is 97.6 Å². The van der Waals surface area contributed by atoms with Crippen LogP contribution in [0.3, 0.4) is 0 Å². The first-order valence-corrected chi connectivity index (χ1v) is 11.9. The number of hydrogen-bond donors (Lipinski definition) is 0. The highest BCUT2D eigenvalue weighted by molar-refractivity contribution is 5.83. The molecule has 2 heterocycles. The highest BCUT2D eigenvalue weighted by atomic mass is 15.0. The molecule has 0 spiro atoms. The molecule has 0 aliphatic heterocycles. The number of aromatic nitrogens is 4. The van der Waals surface area contributed by atoms with Crippen molar-refractivity contribution in [2.75, 3.05) is 0 Å². The Balaban J connectivity index is 0.00000115. The number of benzene rings is 2. The molecule has 2 aromatic heterocycles. The zero-order chi connectivity index (χ0) is 25.9. The van der Waals surface area contributed by atoms with Crippen LogP contribution < -0.4 is 0 Å². The molecule has 180 valence electrons. The molecular weight excluding hydrogens is 440 g/mol. The molecular formula is C32H32N4. The summed E-state index contributed by atoms with van der Waals surface area (Å²) >= 11 is 0. The molecule has 0 aliphatic carbocycles. The summed E-state index contributed by atoms with van der Waals surface area (Å²) in [5.74, 6) is 1.88. The Morgan fingerprint density at radius 2 is 1.33 bits per heavy atom. The molecule has 0 aliphatic rings. The summed E-state index contributed by atoms with van der Waals surface area (Å²) in [5.41, 5.74) is 6.87. The summed E-state index contributed by atoms with van der Waals surface area (Å²) in [6.07, 6.45) is 9.33. The van der Waals surface area contributed by atoms with Crippen molar-refractivity contribution >= 4 is 5.57 Å². The molecule has 0 atom stereocenters. The van der Waals surface area contributed by atoms with Crippen LogP contribution in [-0.4, -0.2) is 19.9 Å². The van der Waals surface area contributed by atoms with Crippen molar-refractivity contribution in [1.29, 1.82) is 0 Å². The van der Waals surface area contributed by atoms with Crippen molar-refractivity contribution in [3.63, 3.8) is 0 Å². The van der Waals surface area contributed by atoms with Crippen LogP contribution in [0.1, 0.15) is 31.1 Å². The maximum Gasteiger partial charge on any atom is 0.164 e. The van der Waals surface area contributed by atoms with Gasteiger partial charge in [0.15, 0.2) is 17.5 Å². The molecule has 4 rings (SSSR count). The predicted molar refractivity (Wildman–Crippen MR) is 152 cm³/mol. The first kappa shape index (κ1) is 26.2. The van der Waals surface area contributed by atoms with Crippen LogP contribution >= 0.6 is 0 Å². The molecule has 2 aromatic carbocycles. The van der Waals surface area contributed by atoms with Crippen LogP contribution in [0.2, 0.25) is 0 Å². The van der Waals surface area contributed by atoms with Gasteiger partial charge in [0.05, 0.1) is 0 Å². The van der Waals surface area contributed by atoms with Crippen molar-refractivity contribution in [3.05, 3.63) is 127 Å². The van der Waals surface area contributed by atoms with Gasteiger partial charge in [0.1, 0.15) is 0 Å². The molecule has 4 heteroatoms. The normalized spacial score (nSPS) is 11.1. The minimum atomic E-state index is 0.619. The lowest BCUT2D eigenvalue weighted by molar-refractivity contribution is 1.04. The van der Waals surface area contributed by atoms with E-state index in [2.05, 4.69) is 36.3 Å². The van der Waals surface area contributed by atoms with Crippen molar-refractivity contribution in [1.82, 2.24) is 19.9 Å². The van der Waals surface area contributed by atoms with Gasteiger partial charge in [0.2, 0.25) is 0 Å². The van der Waals surface area contributed by atoms with E-state index in [0.717, 1.165) is 39.2 Å². The third-order valence-electron chi connectivity index (χ3n) is 5.33. The zero-order valence-electron chi connectivity index (χ0n) is 21.4. The van der Waals surface area contributed by atoms with Gasteiger partial charge in [-0.05, 0) is 39.3 Å². The average Bonchev–Trinajstić information content (AvgIpc) is 2.90. The van der Waals surface area contributed by atoms with Crippen LogP contribution in [-0.2, 0) is 0 Å². The van der Waals surface area contributed by atoms with E-state index >= 15 is 0 Å². The third kappa shape index (κ3) is 6.36. The summed E-state index contributed by atoms with van der Waals surface area (Å²) in [6, 6.07) is 22.3. The molecule has 0 amide bonds.